The van der Waals surface area contributed by atoms with Gasteiger partial charge in [0.15, 0.2) is 0 Å². The lowest BCUT2D eigenvalue weighted by molar-refractivity contribution is -0.188. The molecule has 3 aliphatic rings. The van der Waals surface area contributed by atoms with Crippen LogP contribution in [-0.4, -0.2) is 72.4 Å². The van der Waals surface area contributed by atoms with Crippen LogP contribution in [0.1, 0.15) is 18.4 Å². The molecule has 3 aliphatic heterocycles. The lowest BCUT2D eigenvalue weighted by Gasteiger charge is -2.52. The fourth-order valence-electron chi connectivity index (χ4n) is 4.17. The number of likely N-dealkylation sites (tertiary alicyclic amines) is 1. The van der Waals surface area contributed by atoms with E-state index >= 15 is 0 Å². The van der Waals surface area contributed by atoms with Gasteiger partial charge in [0.1, 0.15) is 12.9 Å². The SMILES string of the molecule is O=C(Cc1ccc(Cl)c(Cl)c1)N1CCNN2COC[C@H](N3CCCC3)[C@H]21. The number of hydrogen-bond donors (Lipinski definition) is 1. The van der Waals surface area contributed by atoms with Gasteiger partial charge >= 0.3 is 0 Å². The summed E-state index contributed by atoms with van der Waals surface area (Å²) in [6.07, 6.45) is 2.77. The van der Waals surface area contributed by atoms with Crippen LogP contribution in [0.15, 0.2) is 18.2 Å². The van der Waals surface area contributed by atoms with Gasteiger partial charge in [0, 0.05) is 13.1 Å². The Morgan fingerprint density at radius 2 is 2.00 bits per heavy atom. The maximum absolute atomic E-state index is 13.1. The number of ether oxygens (including phenoxy) is 1. The second-order valence-electron chi connectivity index (χ2n) is 7.11. The average molecular weight is 399 g/mol. The summed E-state index contributed by atoms with van der Waals surface area (Å²) in [5.74, 6) is 0.117. The first kappa shape index (κ1) is 18.5. The van der Waals surface area contributed by atoms with Crippen LogP contribution >= 0.6 is 23.2 Å². The molecule has 4 rings (SSSR count). The van der Waals surface area contributed by atoms with E-state index in [-0.39, 0.29) is 18.1 Å². The van der Waals surface area contributed by atoms with Gasteiger partial charge < -0.3 is 9.64 Å². The van der Waals surface area contributed by atoms with E-state index in [0.29, 0.717) is 36.3 Å². The highest BCUT2D eigenvalue weighted by Crippen LogP contribution is 2.26. The first-order valence-corrected chi connectivity index (χ1v) is 9.94. The van der Waals surface area contributed by atoms with Gasteiger partial charge in [-0.05, 0) is 43.6 Å². The van der Waals surface area contributed by atoms with Crippen molar-refractivity contribution in [1.29, 1.82) is 0 Å². The number of rotatable bonds is 3. The van der Waals surface area contributed by atoms with Crippen LogP contribution in [0.2, 0.25) is 10.0 Å². The van der Waals surface area contributed by atoms with Gasteiger partial charge in [0.05, 0.1) is 29.1 Å². The molecule has 8 heteroatoms. The van der Waals surface area contributed by atoms with Crippen LogP contribution < -0.4 is 5.43 Å². The lowest BCUT2D eigenvalue weighted by Crippen LogP contribution is -2.72. The molecule has 0 aromatic heterocycles. The molecule has 0 unspecified atom stereocenters. The van der Waals surface area contributed by atoms with Crippen LogP contribution in [0.25, 0.3) is 0 Å². The van der Waals surface area contributed by atoms with Gasteiger partial charge in [0.2, 0.25) is 5.91 Å². The number of carbonyl (C=O) groups is 1. The van der Waals surface area contributed by atoms with Crippen LogP contribution in [0.3, 0.4) is 0 Å². The van der Waals surface area contributed by atoms with E-state index in [0.717, 1.165) is 25.2 Å². The van der Waals surface area contributed by atoms with E-state index in [9.17, 15) is 4.79 Å². The van der Waals surface area contributed by atoms with Gasteiger partial charge in [-0.1, -0.05) is 29.3 Å². The Morgan fingerprint density at radius 3 is 2.77 bits per heavy atom. The Morgan fingerprint density at radius 1 is 1.19 bits per heavy atom. The summed E-state index contributed by atoms with van der Waals surface area (Å²) in [5, 5.41) is 3.07. The number of hydrogen-bond acceptors (Lipinski definition) is 5. The van der Waals surface area contributed by atoms with E-state index in [1.165, 1.54) is 12.8 Å². The zero-order valence-corrected chi connectivity index (χ0v) is 16.2. The monoisotopic (exact) mass is 398 g/mol. The predicted octanol–water partition coefficient (Wildman–Crippen LogP) is 1.96. The van der Waals surface area contributed by atoms with E-state index in [2.05, 4.69) is 15.3 Å². The molecule has 1 amide bonds. The topological polar surface area (TPSA) is 48.1 Å². The van der Waals surface area contributed by atoms with Crippen molar-refractivity contribution >= 4 is 29.1 Å². The maximum Gasteiger partial charge on any atom is 0.228 e. The molecule has 26 heavy (non-hydrogen) atoms. The molecule has 3 heterocycles. The van der Waals surface area contributed by atoms with Crippen molar-refractivity contribution in [3.05, 3.63) is 33.8 Å². The summed E-state index contributed by atoms with van der Waals surface area (Å²) in [5.41, 5.74) is 4.28. The number of fused-ring (bicyclic) bond motifs is 1. The molecule has 0 bridgehead atoms. The van der Waals surface area contributed by atoms with Gasteiger partial charge in [-0.15, -0.1) is 0 Å². The summed E-state index contributed by atoms with van der Waals surface area (Å²) >= 11 is 12.1. The average Bonchev–Trinajstić information content (AvgIpc) is 3.18. The Hall–Kier alpha value is -0.890. The van der Waals surface area contributed by atoms with Crippen LogP contribution in [0.4, 0.5) is 0 Å². The molecule has 142 valence electrons. The maximum atomic E-state index is 13.1. The Balaban J connectivity index is 1.52. The number of amides is 1. The van der Waals surface area contributed by atoms with Crippen LogP contribution in [-0.2, 0) is 16.0 Å². The molecule has 6 nitrogen and oxygen atoms in total. The number of nitrogens with one attached hydrogen (secondary N) is 1. The second kappa shape index (κ2) is 8.00. The first-order chi connectivity index (χ1) is 12.6. The Bertz CT molecular complexity index is 667. The first-order valence-electron chi connectivity index (χ1n) is 9.19. The number of hydrazine groups is 1. The zero-order chi connectivity index (χ0) is 18.1. The summed E-state index contributed by atoms with van der Waals surface area (Å²) in [4.78, 5) is 17.6. The number of benzene rings is 1. The fourth-order valence-corrected chi connectivity index (χ4v) is 4.49. The molecule has 1 N–H and O–H groups in total. The fraction of sp³-hybridized carbons (Fsp3) is 0.611. The molecule has 3 fully saturated rings. The second-order valence-corrected chi connectivity index (χ2v) is 7.93. The van der Waals surface area contributed by atoms with Gasteiger partial charge in [-0.25, -0.2) is 5.43 Å². The molecule has 3 saturated heterocycles. The minimum atomic E-state index is 0.00544. The molecule has 0 spiro atoms. The Labute approximate surface area is 163 Å². The molecule has 0 saturated carbocycles. The minimum absolute atomic E-state index is 0.00544. The summed E-state index contributed by atoms with van der Waals surface area (Å²) in [7, 11) is 0. The highest BCUT2D eigenvalue weighted by molar-refractivity contribution is 6.42. The molecule has 0 aliphatic carbocycles. The molecule has 0 radical (unpaired) electrons. The number of nitrogens with zero attached hydrogens (tertiary/aromatic N) is 3. The summed E-state index contributed by atoms with van der Waals surface area (Å²) in [6.45, 7) is 4.76. The van der Waals surface area contributed by atoms with Gasteiger partial charge in [0.25, 0.3) is 0 Å². The molecular formula is C18H24Cl2N4O2. The van der Waals surface area contributed by atoms with Crippen molar-refractivity contribution in [2.24, 2.45) is 0 Å². The molecule has 1 aromatic rings. The van der Waals surface area contributed by atoms with Crippen LogP contribution in [0, 0.1) is 0 Å². The lowest BCUT2D eigenvalue weighted by atomic mass is 10.1. The quantitative estimate of drug-likeness (QED) is 0.842. The van der Waals surface area contributed by atoms with E-state index in [1.807, 2.05) is 11.0 Å². The normalized spacial score (nSPS) is 27.5. The van der Waals surface area contributed by atoms with E-state index < -0.39 is 0 Å². The minimum Gasteiger partial charge on any atom is -0.363 e. The van der Waals surface area contributed by atoms with Crippen molar-refractivity contribution < 1.29 is 9.53 Å². The molecule has 1 aromatic carbocycles. The highest BCUT2D eigenvalue weighted by atomic mass is 35.5. The highest BCUT2D eigenvalue weighted by Gasteiger charge is 2.43. The number of carbonyl (C=O) groups excluding carboxylic acids is 1. The standard InChI is InChI=1S/C18H24Cl2N4O2/c19-14-4-3-13(9-15(14)20)10-17(25)23-8-5-21-24-12-26-11-16(18(23)24)22-6-1-2-7-22/h3-4,9,16,18,21H,1-2,5-8,10-12H2/t16-,18-/m0/s1. The third-order valence-corrected chi connectivity index (χ3v) is 6.18. The van der Waals surface area contributed by atoms with Crippen LogP contribution in [0.5, 0.6) is 0 Å². The van der Waals surface area contributed by atoms with Crippen molar-refractivity contribution in [3.63, 3.8) is 0 Å². The van der Waals surface area contributed by atoms with Crippen molar-refractivity contribution in [1.82, 2.24) is 20.2 Å². The van der Waals surface area contributed by atoms with Gasteiger partial charge in [-0.2, -0.15) is 5.01 Å². The van der Waals surface area contributed by atoms with Crippen molar-refractivity contribution in [2.45, 2.75) is 31.5 Å². The Kier molecular flexibility index (Phi) is 5.69. The van der Waals surface area contributed by atoms with Crippen molar-refractivity contribution in [2.75, 3.05) is 39.5 Å². The summed E-state index contributed by atoms with van der Waals surface area (Å²) in [6, 6.07) is 5.60. The zero-order valence-electron chi connectivity index (χ0n) is 14.7. The summed E-state index contributed by atoms with van der Waals surface area (Å²) < 4.78 is 5.79. The largest absolute Gasteiger partial charge is 0.363 e. The molecular weight excluding hydrogens is 375 g/mol. The van der Waals surface area contributed by atoms with Crippen molar-refractivity contribution in [3.8, 4) is 0 Å². The van der Waals surface area contributed by atoms with Gasteiger partial charge in [-0.3, -0.25) is 9.69 Å². The number of halogens is 2. The third-order valence-electron chi connectivity index (χ3n) is 5.44. The third kappa shape index (κ3) is 3.72. The van der Waals surface area contributed by atoms with E-state index in [1.54, 1.807) is 12.1 Å². The molecule has 2 atom stereocenters. The predicted molar refractivity (Wildman–Crippen MR) is 101 cm³/mol. The van der Waals surface area contributed by atoms with E-state index in [4.69, 9.17) is 27.9 Å². The smallest absolute Gasteiger partial charge is 0.228 e.